The van der Waals surface area contributed by atoms with Crippen molar-refractivity contribution in [1.82, 2.24) is 14.8 Å². The Hall–Kier alpha value is -2.08. The molecule has 0 amide bonds. The molecule has 21 heavy (non-hydrogen) atoms. The van der Waals surface area contributed by atoms with Gasteiger partial charge in [-0.25, -0.2) is 9.48 Å². The number of carbonyl (C=O) groups is 1. The molecule has 0 radical (unpaired) electrons. The smallest absolute Gasteiger partial charge is 0.347 e. The van der Waals surface area contributed by atoms with Crippen LogP contribution in [0.15, 0.2) is 24.3 Å². The summed E-state index contributed by atoms with van der Waals surface area (Å²) in [6.07, 6.45) is -0.764. The van der Waals surface area contributed by atoms with Crippen LogP contribution in [0.1, 0.15) is 19.7 Å². The summed E-state index contributed by atoms with van der Waals surface area (Å²) in [5, 5.41) is 4.82. The number of carbonyl (C=O) groups excluding carboxylic acids is 1. The lowest BCUT2D eigenvalue weighted by atomic mass is 10.3. The first-order valence-electron chi connectivity index (χ1n) is 6.54. The van der Waals surface area contributed by atoms with Gasteiger partial charge in [-0.1, -0.05) is 17.7 Å². The summed E-state index contributed by atoms with van der Waals surface area (Å²) in [6.45, 7) is 5.42. The molecule has 0 spiro atoms. The van der Waals surface area contributed by atoms with Gasteiger partial charge in [-0.3, -0.25) is 0 Å². The van der Waals surface area contributed by atoms with Crippen molar-refractivity contribution in [1.29, 1.82) is 0 Å². The van der Waals surface area contributed by atoms with Crippen molar-refractivity contribution < 1.29 is 14.3 Å². The van der Waals surface area contributed by atoms with E-state index in [1.807, 2.05) is 12.1 Å². The van der Waals surface area contributed by atoms with E-state index in [4.69, 9.17) is 21.1 Å². The predicted molar refractivity (Wildman–Crippen MR) is 77.8 cm³/mol. The summed E-state index contributed by atoms with van der Waals surface area (Å²) in [7, 11) is 0. The highest BCUT2D eigenvalue weighted by Gasteiger charge is 2.19. The molecule has 1 aromatic heterocycles. The summed E-state index contributed by atoms with van der Waals surface area (Å²) in [6, 6.07) is 7.33. The van der Waals surface area contributed by atoms with Crippen LogP contribution in [0, 0.1) is 6.92 Å². The molecule has 1 aromatic carbocycles. The third-order valence-corrected chi connectivity index (χ3v) is 2.94. The van der Waals surface area contributed by atoms with Crippen LogP contribution >= 0.6 is 11.6 Å². The van der Waals surface area contributed by atoms with Crippen LogP contribution in [-0.2, 0) is 9.53 Å². The van der Waals surface area contributed by atoms with Crippen LogP contribution in [-0.4, -0.2) is 33.4 Å². The Balaban J connectivity index is 2.18. The van der Waals surface area contributed by atoms with E-state index in [9.17, 15) is 4.79 Å². The van der Waals surface area contributed by atoms with Crippen molar-refractivity contribution in [2.24, 2.45) is 0 Å². The summed E-state index contributed by atoms with van der Waals surface area (Å²) in [5.41, 5.74) is 0.770. The van der Waals surface area contributed by atoms with E-state index < -0.39 is 12.1 Å². The lowest BCUT2D eigenvalue weighted by Gasteiger charge is -2.09. The maximum atomic E-state index is 11.5. The number of aryl methyl sites for hydroxylation is 1. The van der Waals surface area contributed by atoms with Gasteiger partial charge in [0.2, 0.25) is 0 Å². The van der Waals surface area contributed by atoms with Crippen LogP contribution in [0.5, 0.6) is 6.01 Å². The second-order valence-electron chi connectivity index (χ2n) is 4.35. The number of halogens is 1. The van der Waals surface area contributed by atoms with Gasteiger partial charge in [0, 0.05) is 5.02 Å². The highest BCUT2D eigenvalue weighted by Crippen LogP contribution is 2.17. The maximum Gasteiger partial charge on any atom is 0.347 e. The zero-order valence-corrected chi connectivity index (χ0v) is 12.8. The van der Waals surface area contributed by atoms with Crippen molar-refractivity contribution >= 4 is 17.6 Å². The first kappa shape index (κ1) is 15.3. The Morgan fingerprint density at radius 1 is 1.48 bits per heavy atom. The van der Waals surface area contributed by atoms with Gasteiger partial charge in [-0.2, -0.15) is 4.98 Å². The lowest BCUT2D eigenvalue weighted by molar-refractivity contribution is -0.150. The molecule has 0 saturated carbocycles. The van der Waals surface area contributed by atoms with Gasteiger partial charge in [0.25, 0.3) is 0 Å². The Morgan fingerprint density at radius 2 is 2.24 bits per heavy atom. The van der Waals surface area contributed by atoms with Gasteiger partial charge in [-0.05, 0) is 39.0 Å². The average Bonchev–Trinajstić information content (AvgIpc) is 2.79. The molecule has 0 aliphatic carbocycles. The Labute approximate surface area is 127 Å². The minimum Gasteiger partial charge on any atom is -0.463 e. The molecule has 2 aromatic rings. The molecule has 1 unspecified atom stereocenters. The Bertz CT molecular complexity index is 642. The largest absolute Gasteiger partial charge is 0.463 e. The van der Waals surface area contributed by atoms with Crippen LogP contribution < -0.4 is 4.74 Å². The van der Waals surface area contributed by atoms with Crippen LogP contribution in [0.3, 0.4) is 0 Å². The zero-order valence-electron chi connectivity index (χ0n) is 12.0. The van der Waals surface area contributed by atoms with E-state index in [2.05, 4.69) is 10.1 Å². The van der Waals surface area contributed by atoms with Crippen LogP contribution in [0.25, 0.3) is 5.69 Å². The molecule has 0 N–H and O–H groups in total. The molecule has 1 atom stereocenters. The molecule has 7 heteroatoms. The molecule has 0 fully saturated rings. The number of hydrogen-bond acceptors (Lipinski definition) is 5. The molecule has 6 nitrogen and oxygen atoms in total. The van der Waals surface area contributed by atoms with E-state index in [-0.39, 0.29) is 6.01 Å². The average molecular weight is 310 g/mol. The number of rotatable bonds is 5. The quantitative estimate of drug-likeness (QED) is 0.794. The fourth-order valence-electron chi connectivity index (χ4n) is 1.73. The second kappa shape index (κ2) is 6.58. The minimum absolute atomic E-state index is 0.119. The molecule has 0 saturated heterocycles. The molecule has 2 rings (SSSR count). The summed E-state index contributed by atoms with van der Waals surface area (Å²) >= 11 is 5.96. The zero-order chi connectivity index (χ0) is 15.4. The van der Waals surface area contributed by atoms with Crippen molar-refractivity contribution in [2.45, 2.75) is 26.9 Å². The SMILES string of the molecule is CCOC(=O)C(C)Oc1nc(C)n(-c2cccc(Cl)c2)n1. The number of nitrogens with zero attached hydrogens (tertiary/aromatic N) is 3. The highest BCUT2D eigenvalue weighted by molar-refractivity contribution is 6.30. The lowest BCUT2D eigenvalue weighted by Crippen LogP contribution is -2.26. The molecule has 112 valence electrons. The minimum atomic E-state index is -0.764. The van der Waals surface area contributed by atoms with Crippen molar-refractivity contribution in [3.8, 4) is 11.7 Å². The number of ether oxygens (including phenoxy) is 2. The topological polar surface area (TPSA) is 66.2 Å². The van der Waals surface area contributed by atoms with E-state index in [1.54, 1.807) is 37.6 Å². The highest BCUT2D eigenvalue weighted by atomic mass is 35.5. The van der Waals surface area contributed by atoms with Crippen LogP contribution in [0.4, 0.5) is 0 Å². The second-order valence-corrected chi connectivity index (χ2v) is 4.78. The van der Waals surface area contributed by atoms with Gasteiger partial charge in [0.1, 0.15) is 5.82 Å². The van der Waals surface area contributed by atoms with Crippen molar-refractivity contribution in [2.75, 3.05) is 6.61 Å². The van der Waals surface area contributed by atoms with E-state index in [0.717, 1.165) is 5.69 Å². The van der Waals surface area contributed by atoms with Gasteiger partial charge >= 0.3 is 12.0 Å². The standard InChI is InChI=1S/C14H16ClN3O3/c1-4-20-13(19)9(2)21-14-16-10(3)18(17-14)12-7-5-6-11(15)8-12/h5-9H,4H2,1-3H3. The van der Waals surface area contributed by atoms with Crippen LogP contribution in [0.2, 0.25) is 5.02 Å². The molecular weight excluding hydrogens is 294 g/mol. The predicted octanol–water partition coefficient (Wildman–Crippen LogP) is 2.56. The summed E-state index contributed by atoms with van der Waals surface area (Å²) in [5.74, 6) is 0.178. The summed E-state index contributed by atoms with van der Waals surface area (Å²) in [4.78, 5) is 15.7. The number of aromatic nitrogens is 3. The summed E-state index contributed by atoms with van der Waals surface area (Å²) < 4.78 is 11.9. The normalized spacial score (nSPS) is 12.0. The molecule has 1 heterocycles. The third kappa shape index (κ3) is 3.72. The van der Waals surface area contributed by atoms with E-state index in [0.29, 0.717) is 17.5 Å². The molecular formula is C14H16ClN3O3. The van der Waals surface area contributed by atoms with Gasteiger partial charge in [-0.15, -0.1) is 5.10 Å². The first-order chi connectivity index (χ1) is 10.0. The fraction of sp³-hybridized carbons (Fsp3) is 0.357. The molecule has 0 aliphatic rings. The Morgan fingerprint density at radius 3 is 2.90 bits per heavy atom. The first-order valence-corrected chi connectivity index (χ1v) is 6.92. The number of esters is 1. The van der Waals surface area contributed by atoms with Crippen molar-refractivity contribution in [3.05, 3.63) is 35.1 Å². The van der Waals surface area contributed by atoms with Gasteiger partial charge in [0.05, 0.1) is 12.3 Å². The third-order valence-electron chi connectivity index (χ3n) is 2.70. The number of hydrogen-bond donors (Lipinski definition) is 0. The molecule has 0 bridgehead atoms. The van der Waals surface area contributed by atoms with E-state index in [1.165, 1.54) is 0 Å². The number of benzene rings is 1. The van der Waals surface area contributed by atoms with E-state index >= 15 is 0 Å². The Kier molecular flexibility index (Phi) is 4.80. The fourth-order valence-corrected chi connectivity index (χ4v) is 1.92. The van der Waals surface area contributed by atoms with Gasteiger partial charge < -0.3 is 9.47 Å². The molecule has 0 aliphatic heterocycles. The van der Waals surface area contributed by atoms with Crippen molar-refractivity contribution in [3.63, 3.8) is 0 Å². The maximum absolute atomic E-state index is 11.5. The van der Waals surface area contributed by atoms with Gasteiger partial charge in [0.15, 0.2) is 6.10 Å². The monoisotopic (exact) mass is 309 g/mol.